The molecule has 1 aliphatic rings. The minimum atomic E-state index is -1.08. The van der Waals surface area contributed by atoms with Crippen molar-refractivity contribution in [1.29, 1.82) is 0 Å². The molecule has 1 fully saturated rings. The van der Waals surface area contributed by atoms with Gasteiger partial charge in [0.05, 0.1) is 6.26 Å². The Bertz CT molecular complexity index is 432. The van der Waals surface area contributed by atoms with Crippen LogP contribution in [0, 0.1) is 0 Å². The highest BCUT2D eigenvalue weighted by atomic mass is 79.9. The monoisotopic (exact) mass is 300 g/mol. The number of carbonyl (C=O) groups is 2. The smallest absolute Gasteiger partial charge is 0.325 e. The number of halogens is 1. The fraction of sp³-hybridized carbons (Fsp3) is 0.455. The molecular weight excluding hydrogens is 288 g/mol. The quantitative estimate of drug-likeness (QED) is 0.681. The number of urea groups is 1. The summed E-state index contributed by atoms with van der Waals surface area (Å²) in [5, 5.41) is 3.42. The van der Waals surface area contributed by atoms with Crippen molar-refractivity contribution in [3.63, 3.8) is 0 Å². The van der Waals surface area contributed by atoms with Gasteiger partial charge in [-0.3, -0.25) is 9.69 Å². The summed E-state index contributed by atoms with van der Waals surface area (Å²) in [6.45, 7) is 2.06. The van der Waals surface area contributed by atoms with Gasteiger partial charge in [-0.25, -0.2) is 4.79 Å². The minimum absolute atomic E-state index is 0.265. The third kappa shape index (κ3) is 1.97. The molecule has 0 bridgehead atoms. The van der Waals surface area contributed by atoms with Crippen molar-refractivity contribution in [1.82, 2.24) is 10.2 Å². The molecule has 5 nitrogen and oxygen atoms in total. The molecule has 0 spiro atoms. The Hall–Kier alpha value is -1.30. The Morgan fingerprint density at radius 1 is 1.53 bits per heavy atom. The van der Waals surface area contributed by atoms with Crippen LogP contribution in [-0.4, -0.2) is 28.7 Å². The molecule has 1 N–H and O–H groups in total. The summed E-state index contributed by atoms with van der Waals surface area (Å²) >= 11 is 3.28. The zero-order valence-electron chi connectivity index (χ0n) is 9.40. The van der Waals surface area contributed by atoms with Crippen molar-refractivity contribution in [2.75, 3.05) is 11.9 Å². The second-order valence-electron chi connectivity index (χ2n) is 4.03. The molecular formula is C11H13BrN2O3. The summed E-state index contributed by atoms with van der Waals surface area (Å²) in [6, 6.07) is 3.02. The maximum atomic E-state index is 12.2. The van der Waals surface area contributed by atoms with E-state index >= 15 is 0 Å². The lowest BCUT2D eigenvalue weighted by molar-refractivity contribution is -0.131. The number of nitrogens with one attached hydrogen (secondary N) is 1. The maximum Gasteiger partial charge on any atom is 0.325 e. The van der Waals surface area contributed by atoms with Crippen LogP contribution in [0.15, 0.2) is 22.8 Å². The second-order valence-corrected chi connectivity index (χ2v) is 4.82. The lowest BCUT2D eigenvalue weighted by Crippen LogP contribution is -2.40. The van der Waals surface area contributed by atoms with E-state index in [4.69, 9.17) is 4.42 Å². The van der Waals surface area contributed by atoms with Crippen molar-refractivity contribution in [3.8, 4) is 0 Å². The van der Waals surface area contributed by atoms with Gasteiger partial charge in [-0.05, 0) is 25.5 Å². The van der Waals surface area contributed by atoms with Gasteiger partial charge in [-0.1, -0.05) is 15.9 Å². The average molecular weight is 301 g/mol. The van der Waals surface area contributed by atoms with Crippen molar-refractivity contribution >= 4 is 27.9 Å². The molecule has 1 unspecified atom stereocenters. The summed E-state index contributed by atoms with van der Waals surface area (Å²) in [6.07, 6.45) is 2.22. The standard InChI is InChI=1S/C11H13BrN2O3/c1-11(8-4-2-7-17-8)9(15)14(6-3-5-12)10(16)13-11/h2,4,7H,3,5-6H2,1H3,(H,13,16). The summed E-state index contributed by atoms with van der Waals surface area (Å²) < 4.78 is 5.22. The van der Waals surface area contributed by atoms with E-state index in [-0.39, 0.29) is 11.9 Å². The number of rotatable bonds is 4. The summed E-state index contributed by atoms with van der Waals surface area (Å²) in [5.41, 5.74) is -1.08. The fourth-order valence-electron chi connectivity index (χ4n) is 1.85. The Balaban J connectivity index is 2.23. The molecule has 2 heterocycles. The van der Waals surface area contributed by atoms with E-state index in [0.717, 1.165) is 11.8 Å². The number of carbonyl (C=O) groups excluding carboxylic acids is 2. The third-order valence-corrected chi connectivity index (χ3v) is 3.37. The number of nitrogens with zero attached hydrogens (tertiary/aromatic N) is 1. The van der Waals surface area contributed by atoms with Crippen molar-refractivity contribution in [3.05, 3.63) is 24.2 Å². The number of amides is 3. The summed E-state index contributed by atoms with van der Waals surface area (Å²) in [7, 11) is 0. The maximum absolute atomic E-state index is 12.2. The highest BCUT2D eigenvalue weighted by Gasteiger charge is 2.50. The molecule has 2 rings (SSSR count). The molecule has 1 aromatic rings. The first-order valence-corrected chi connectivity index (χ1v) is 6.46. The fourth-order valence-corrected chi connectivity index (χ4v) is 2.10. The van der Waals surface area contributed by atoms with E-state index in [1.807, 2.05) is 0 Å². The SMILES string of the molecule is CC1(c2ccco2)NC(=O)N(CCCBr)C1=O. The van der Waals surface area contributed by atoms with E-state index in [1.165, 1.54) is 11.2 Å². The van der Waals surface area contributed by atoms with Crippen molar-refractivity contribution < 1.29 is 14.0 Å². The molecule has 0 radical (unpaired) electrons. The lowest BCUT2D eigenvalue weighted by Gasteiger charge is -2.18. The first kappa shape index (κ1) is 12.2. The predicted octanol–water partition coefficient (Wildman–Crippen LogP) is 1.83. The Morgan fingerprint density at radius 2 is 2.29 bits per heavy atom. The molecule has 0 aliphatic carbocycles. The third-order valence-electron chi connectivity index (χ3n) is 2.80. The van der Waals surface area contributed by atoms with E-state index in [1.54, 1.807) is 19.1 Å². The second kappa shape index (κ2) is 4.52. The van der Waals surface area contributed by atoms with E-state index in [0.29, 0.717) is 12.3 Å². The molecule has 1 aromatic heterocycles. The highest BCUT2D eigenvalue weighted by molar-refractivity contribution is 9.09. The van der Waals surface area contributed by atoms with Crippen LogP contribution in [0.25, 0.3) is 0 Å². The zero-order valence-corrected chi connectivity index (χ0v) is 11.0. The van der Waals surface area contributed by atoms with Crippen molar-refractivity contribution in [2.24, 2.45) is 0 Å². The van der Waals surface area contributed by atoms with Crippen molar-refractivity contribution in [2.45, 2.75) is 18.9 Å². The van der Waals surface area contributed by atoms with Gasteiger partial charge >= 0.3 is 6.03 Å². The largest absolute Gasteiger partial charge is 0.466 e. The van der Waals surface area contributed by atoms with Gasteiger partial charge in [0.25, 0.3) is 5.91 Å². The van der Waals surface area contributed by atoms with Gasteiger partial charge in [0.2, 0.25) is 0 Å². The molecule has 0 saturated carbocycles. The summed E-state index contributed by atoms with van der Waals surface area (Å²) in [4.78, 5) is 25.2. The van der Waals surface area contributed by atoms with Gasteiger partial charge < -0.3 is 9.73 Å². The Morgan fingerprint density at radius 3 is 2.88 bits per heavy atom. The van der Waals surface area contributed by atoms with Crippen LogP contribution in [0.2, 0.25) is 0 Å². The van der Waals surface area contributed by atoms with Crippen LogP contribution in [0.4, 0.5) is 4.79 Å². The van der Waals surface area contributed by atoms with E-state index in [2.05, 4.69) is 21.2 Å². The molecule has 6 heteroatoms. The van der Waals surface area contributed by atoms with Crippen LogP contribution in [0.5, 0.6) is 0 Å². The minimum Gasteiger partial charge on any atom is -0.466 e. The number of alkyl halides is 1. The predicted molar refractivity (Wildman–Crippen MR) is 64.7 cm³/mol. The molecule has 17 heavy (non-hydrogen) atoms. The number of furan rings is 1. The van der Waals surface area contributed by atoms with Crippen LogP contribution in [0.3, 0.4) is 0 Å². The van der Waals surface area contributed by atoms with Crippen LogP contribution in [0.1, 0.15) is 19.1 Å². The average Bonchev–Trinajstić information content (AvgIpc) is 2.88. The zero-order chi connectivity index (χ0) is 12.5. The molecule has 1 aliphatic heterocycles. The topological polar surface area (TPSA) is 62.6 Å². The molecule has 0 aromatic carbocycles. The first-order valence-electron chi connectivity index (χ1n) is 5.33. The van der Waals surface area contributed by atoms with E-state index in [9.17, 15) is 9.59 Å². The first-order chi connectivity index (χ1) is 8.09. The summed E-state index contributed by atoms with van der Waals surface area (Å²) in [5.74, 6) is 0.190. The van der Waals surface area contributed by atoms with Crippen LogP contribution >= 0.6 is 15.9 Å². The molecule has 1 atom stereocenters. The van der Waals surface area contributed by atoms with Gasteiger partial charge in [0.15, 0.2) is 5.54 Å². The van der Waals surface area contributed by atoms with Gasteiger partial charge in [0.1, 0.15) is 5.76 Å². The highest BCUT2D eigenvalue weighted by Crippen LogP contribution is 2.29. The van der Waals surface area contributed by atoms with Gasteiger partial charge in [-0.15, -0.1) is 0 Å². The van der Waals surface area contributed by atoms with Gasteiger partial charge in [0, 0.05) is 11.9 Å². The Labute approximate surface area is 107 Å². The number of hydrogen-bond acceptors (Lipinski definition) is 3. The number of imide groups is 1. The normalized spacial score (nSPS) is 24.2. The molecule has 1 saturated heterocycles. The van der Waals surface area contributed by atoms with E-state index < -0.39 is 5.54 Å². The number of hydrogen-bond donors (Lipinski definition) is 1. The molecule has 3 amide bonds. The van der Waals surface area contributed by atoms with Crippen LogP contribution in [-0.2, 0) is 10.3 Å². The Kier molecular flexibility index (Phi) is 3.24. The lowest BCUT2D eigenvalue weighted by atomic mass is 9.99. The van der Waals surface area contributed by atoms with Gasteiger partial charge in [-0.2, -0.15) is 0 Å². The van der Waals surface area contributed by atoms with Crippen LogP contribution < -0.4 is 5.32 Å². The molecule has 92 valence electrons.